The molecule has 2 N–H and O–H groups in total. The van der Waals surface area contributed by atoms with E-state index in [-0.39, 0.29) is 17.5 Å². The molecular weight excluding hydrogens is 533 g/mol. The first-order valence-electron chi connectivity index (χ1n) is 13.2. The van der Waals surface area contributed by atoms with Crippen LogP contribution in [0.4, 0.5) is 15.2 Å². The fourth-order valence-electron chi connectivity index (χ4n) is 5.05. The molecule has 4 aromatic rings. The predicted octanol–water partition coefficient (Wildman–Crippen LogP) is 3.91. The number of thiazole rings is 1. The molecule has 6 rings (SSSR count). The number of anilines is 2. The molecule has 0 bridgehead atoms. The van der Waals surface area contributed by atoms with E-state index >= 15 is 4.39 Å². The molecule has 0 atom stereocenters. The molecule has 1 aliphatic heterocycles. The average Bonchev–Trinajstić information content (AvgIpc) is 3.54. The summed E-state index contributed by atoms with van der Waals surface area (Å²) in [5.74, 6) is -0.897. The first-order chi connectivity index (χ1) is 19.5. The van der Waals surface area contributed by atoms with Crippen LogP contribution in [0.2, 0.25) is 0 Å². The Morgan fingerprint density at radius 1 is 1.15 bits per heavy atom. The van der Waals surface area contributed by atoms with Crippen molar-refractivity contribution in [3.8, 4) is 27.5 Å². The Labute approximate surface area is 234 Å². The van der Waals surface area contributed by atoms with Gasteiger partial charge in [-0.2, -0.15) is 5.10 Å². The summed E-state index contributed by atoms with van der Waals surface area (Å²) in [5.41, 5.74) is 4.74. The Morgan fingerprint density at radius 2 is 2.00 bits per heavy atom. The van der Waals surface area contributed by atoms with Crippen molar-refractivity contribution in [2.24, 2.45) is 0 Å². The Hall–Kier alpha value is -4.00. The number of halogens is 1. The number of fused-ring (bicyclic) bond motifs is 3. The molecule has 1 aliphatic carbocycles. The lowest BCUT2D eigenvalue weighted by Gasteiger charge is -2.26. The van der Waals surface area contributed by atoms with Crippen molar-refractivity contribution in [2.75, 3.05) is 43.5 Å². The van der Waals surface area contributed by atoms with Gasteiger partial charge in [0.2, 0.25) is 11.8 Å². The molecule has 40 heavy (non-hydrogen) atoms. The fraction of sp³-hybridized carbons (Fsp3) is 0.321. The van der Waals surface area contributed by atoms with E-state index < -0.39 is 5.82 Å². The molecule has 10 nitrogen and oxygen atoms in total. The first kappa shape index (κ1) is 26.2. The van der Waals surface area contributed by atoms with Crippen LogP contribution in [-0.2, 0) is 27.2 Å². The molecular formula is C28H28FN7O3S. The van der Waals surface area contributed by atoms with Crippen LogP contribution < -0.4 is 10.6 Å². The molecule has 12 heteroatoms. The quantitative estimate of drug-likeness (QED) is 0.352. The maximum absolute atomic E-state index is 15.7. The zero-order chi connectivity index (χ0) is 27.6. The van der Waals surface area contributed by atoms with Gasteiger partial charge in [-0.3, -0.25) is 19.5 Å². The third-order valence-corrected chi connectivity index (χ3v) is 7.96. The van der Waals surface area contributed by atoms with Gasteiger partial charge in [-0.05, 0) is 43.2 Å². The first-order valence-corrected chi connectivity index (χ1v) is 14.0. The predicted molar refractivity (Wildman–Crippen MR) is 150 cm³/mol. The number of morpholine rings is 1. The van der Waals surface area contributed by atoms with Crippen LogP contribution >= 0.6 is 11.3 Å². The van der Waals surface area contributed by atoms with Gasteiger partial charge >= 0.3 is 0 Å². The van der Waals surface area contributed by atoms with E-state index in [0.29, 0.717) is 49.8 Å². The molecule has 1 aromatic carbocycles. The third-order valence-electron chi connectivity index (χ3n) is 6.94. The number of carbonyl (C=O) groups excluding carboxylic acids is 2. The van der Waals surface area contributed by atoms with E-state index in [9.17, 15) is 9.59 Å². The maximum Gasteiger partial charge on any atom is 0.225 e. The number of hydrogen-bond acceptors (Lipinski definition) is 8. The highest BCUT2D eigenvalue weighted by Gasteiger charge is 2.30. The lowest BCUT2D eigenvalue weighted by atomic mass is 9.95. The van der Waals surface area contributed by atoms with E-state index in [4.69, 9.17) is 9.84 Å². The normalized spacial score (nSPS) is 14.8. The average molecular weight is 562 g/mol. The van der Waals surface area contributed by atoms with Gasteiger partial charge in [0.15, 0.2) is 10.9 Å². The van der Waals surface area contributed by atoms with Gasteiger partial charge in [0, 0.05) is 62.2 Å². The van der Waals surface area contributed by atoms with Crippen LogP contribution in [0.3, 0.4) is 0 Å². The summed E-state index contributed by atoms with van der Waals surface area (Å²) in [6.45, 7) is 5.02. The van der Waals surface area contributed by atoms with Gasteiger partial charge in [-0.1, -0.05) is 11.3 Å². The Balaban J connectivity index is 1.32. The number of nitrogens with zero attached hydrogens (tertiary/aromatic N) is 5. The number of carbonyl (C=O) groups is 2. The summed E-state index contributed by atoms with van der Waals surface area (Å²) in [6, 6.07) is 8.39. The molecule has 206 valence electrons. The van der Waals surface area contributed by atoms with Crippen LogP contribution in [0.5, 0.6) is 0 Å². The van der Waals surface area contributed by atoms with Crippen LogP contribution in [0.25, 0.3) is 27.5 Å². The standard InChI is InChI=1S/C28H28FN7O3S/c1-17(37)31-28-33-22-6-5-20-25(18-3-2-9-30-16-18)34-36(26(20)27(22)40-28)23-7-4-19(15-21(23)29)32-24(38)8-10-35-11-13-39-14-12-35/h2-4,7,9,15-16H,5-6,8,10-14H2,1H3,(H,32,38)(H,31,33,37). The van der Waals surface area contributed by atoms with Crippen molar-refractivity contribution in [1.82, 2.24) is 24.6 Å². The summed E-state index contributed by atoms with van der Waals surface area (Å²) in [5, 5.41) is 10.9. The largest absolute Gasteiger partial charge is 0.379 e. The van der Waals surface area contributed by atoms with Crippen molar-refractivity contribution < 1.29 is 18.7 Å². The highest BCUT2D eigenvalue weighted by atomic mass is 32.1. The number of pyridine rings is 1. The van der Waals surface area contributed by atoms with Gasteiger partial charge in [0.25, 0.3) is 0 Å². The minimum Gasteiger partial charge on any atom is -0.379 e. The number of ether oxygens (including phenoxy) is 1. The van der Waals surface area contributed by atoms with Crippen molar-refractivity contribution >= 4 is 34.0 Å². The molecule has 1 saturated heterocycles. The number of rotatable bonds is 7. The van der Waals surface area contributed by atoms with Crippen LogP contribution in [0.1, 0.15) is 24.6 Å². The van der Waals surface area contributed by atoms with Crippen molar-refractivity contribution in [3.63, 3.8) is 0 Å². The number of nitrogens with one attached hydrogen (secondary N) is 2. The van der Waals surface area contributed by atoms with E-state index in [2.05, 4.69) is 25.5 Å². The Kier molecular flexibility index (Phi) is 7.37. The smallest absolute Gasteiger partial charge is 0.225 e. The SMILES string of the molecule is CC(=O)Nc1nc2c(s1)-c1c(c(-c3cccnc3)nn1-c1ccc(NC(=O)CCN3CCOCC3)cc1F)CC2. The van der Waals surface area contributed by atoms with Crippen LogP contribution in [-0.4, -0.2) is 69.3 Å². The van der Waals surface area contributed by atoms with Crippen molar-refractivity contribution in [3.05, 3.63) is 59.8 Å². The fourth-order valence-corrected chi connectivity index (χ4v) is 6.16. The van der Waals surface area contributed by atoms with Gasteiger partial charge in [0.05, 0.1) is 35.2 Å². The molecule has 0 spiro atoms. The third kappa shape index (κ3) is 5.37. The maximum atomic E-state index is 15.7. The highest BCUT2D eigenvalue weighted by Crippen LogP contribution is 2.44. The van der Waals surface area contributed by atoms with Crippen LogP contribution in [0.15, 0.2) is 42.7 Å². The van der Waals surface area contributed by atoms with Gasteiger partial charge in [0.1, 0.15) is 5.69 Å². The molecule has 4 heterocycles. The summed E-state index contributed by atoms with van der Waals surface area (Å²) >= 11 is 1.35. The molecule has 0 radical (unpaired) electrons. The van der Waals surface area contributed by atoms with E-state index in [1.807, 2.05) is 12.1 Å². The summed E-state index contributed by atoms with van der Waals surface area (Å²) < 4.78 is 22.6. The second-order valence-electron chi connectivity index (χ2n) is 9.72. The Bertz CT molecular complexity index is 1560. The molecule has 1 fully saturated rings. The number of amides is 2. The molecule has 0 saturated carbocycles. The highest BCUT2D eigenvalue weighted by molar-refractivity contribution is 7.19. The summed E-state index contributed by atoms with van der Waals surface area (Å²) in [4.78, 5) is 36.1. The Morgan fingerprint density at radius 3 is 2.75 bits per heavy atom. The monoisotopic (exact) mass is 561 g/mol. The topological polar surface area (TPSA) is 114 Å². The van der Waals surface area contributed by atoms with Crippen molar-refractivity contribution in [2.45, 2.75) is 26.2 Å². The summed E-state index contributed by atoms with van der Waals surface area (Å²) in [6.07, 6.45) is 5.09. The minimum atomic E-state index is -0.521. The van der Waals surface area contributed by atoms with Gasteiger partial charge in [-0.15, -0.1) is 0 Å². The zero-order valence-electron chi connectivity index (χ0n) is 21.9. The summed E-state index contributed by atoms with van der Waals surface area (Å²) in [7, 11) is 0. The van der Waals surface area contributed by atoms with Gasteiger partial charge in [-0.25, -0.2) is 14.1 Å². The molecule has 2 aliphatic rings. The second-order valence-corrected chi connectivity index (χ2v) is 10.7. The van der Waals surface area contributed by atoms with Crippen molar-refractivity contribution in [1.29, 1.82) is 0 Å². The lowest BCUT2D eigenvalue weighted by Crippen LogP contribution is -2.38. The van der Waals surface area contributed by atoms with Gasteiger partial charge < -0.3 is 15.4 Å². The molecule has 0 unspecified atom stereocenters. The molecule has 3 aromatic heterocycles. The zero-order valence-corrected chi connectivity index (χ0v) is 22.8. The minimum absolute atomic E-state index is 0.172. The second kappa shape index (κ2) is 11.2. The molecule has 2 amide bonds. The van der Waals surface area contributed by atoms with Crippen LogP contribution in [0, 0.1) is 5.82 Å². The van der Waals surface area contributed by atoms with E-state index in [1.165, 1.54) is 24.3 Å². The lowest BCUT2D eigenvalue weighted by molar-refractivity contribution is -0.117. The number of aryl methyl sites for hydroxylation is 1. The number of benzene rings is 1. The number of hydrogen-bond donors (Lipinski definition) is 2. The number of aromatic nitrogens is 4. The van der Waals surface area contributed by atoms with E-state index in [0.717, 1.165) is 46.2 Å². The van der Waals surface area contributed by atoms with E-state index in [1.54, 1.807) is 29.2 Å².